The van der Waals surface area contributed by atoms with Gasteiger partial charge >= 0.3 is 0 Å². The second-order valence-corrected chi connectivity index (χ2v) is 5.29. The topological polar surface area (TPSA) is 81.6 Å². The van der Waals surface area contributed by atoms with Gasteiger partial charge < -0.3 is 5.43 Å². The lowest BCUT2D eigenvalue weighted by Crippen LogP contribution is -2.10. The highest BCUT2D eigenvalue weighted by Gasteiger charge is 2.09. The van der Waals surface area contributed by atoms with E-state index in [0.717, 1.165) is 34.4 Å². The van der Waals surface area contributed by atoms with E-state index in [-0.39, 0.29) is 0 Å². The van der Waals surface area contributed by atoms with Crippen molar-refractivity contribution in [2.24, 2.45) is 12.9 Å². The number of nitrogens with zero attached hydrogens (tertiary/aromatic N) is 4. The van der Waals surface area contributed by atoms with Crippen LogP contribution in [0.1, 0.15) is 24.9 Å². The molecule has 7 heteroatoms. The molecule has 6 nitrogen and oxygen atoms in total. The van der Waals surface area contributed by atoms with E-state index in [0.29, 0.717) is 5.82 Å². The first-order chi connectivity index (χ1) is 9.12. The predicted octanol–water partition coefficient (Wildman–Crippen LogP) is 1.91. The van der Waals surface area contributed by atoms with Gasteiger partial charge in [0, 0.05) is 19.5 Å². The Kier molecular flexibility index (Phi) is 4.39. The second-order valence-electron chi connectivity index (χ2n) is 4.25. The quantitative estimate of drug-likeness (QED) is 0.494. The molecule has 0 fully saturated rings. The van der Waals surface area contributed by atoms with E-state index in [2.05, 4.69) is 27.4 Å². The molecule has 3 N–H and O–H groups in total. The molecular weight excluding hydrogens is 260 g/mol. The van der Waals surface area contributed by atoms with Crippen molar-refractivity contribution in [2.75, 3.05) is 5.43 Å². The minimum atomic E-state index is 0.639. The van der Waals surface area contributed by atoms with Crippen LogP contribution in [0.15, 0.2) is 22.2 Å². The summed E-state index contributed by atoms with van der Waals surface area (Å²) in [6.45, 7) is 4.07. The summed E-state index contributed by atoms with van der Waals surface area (Å²) in [4.78, 5) is 8.86. The third-order valence-corrected chi connectivity index (χ3v) is 3.55. The Labute approximate surface area is 116 Å². The Bertz CT molecular complexity index is 565. The van der Waals surface area contributed by atoms with Crippen molar-refractivity contribution in [2.45, 2.75) is 36.7 Å². The highest BCUT2D eigenvalue weighted by atomic mass is 32.2. The summed E-state index contributed by atoms with van der Waals surface area (Å²) in [6.07, 6.45) is 1.84. The molecule has 0 saturated carbocycles. The molecule has 0 amide bonds. The van der Waals surface area contributed by atoms with Gasteiger partial charge in [-0.1, -0.05) is 18.7 Å². The lowest BCUT2D eigenvalue weighted by Gasteiger charge is -2.06. The zero-order chi connectivity index (χ0) is 13.8. The number of hydrazine groups is 1. The van der Waals surface area contributed by atoms with Crippen LogP contribution in [0.4, 0.5) is 5.82 Å². The summed E-state index contributed by atoms with van der Waals surface area (Å²) in [7, 11) is 1.92. The van der Waals surface area contributed by atoms with Crippen molar-refractivity contribution in [3.8, 4) is 0 Å². The Morgan fingerprint density at radius 1 is 1.37 bits per heavy atom. The molecule has 2 aromatic heterocycles. The number of aryl methyl sites for hydroxylation is 3. The van der Waals surface area contributed by atoms with Gasteiger partial charge in [-0.3, -0.25) is 4.68 Å². The first kappa shape index (κ1) is 13.8. The summed E-state index contributed by atoms with van der Waals surface area (Å²) in [5.41, 5.74) is 3.58. The van der Waals surface area contributed by atoms with Crippen LogP contribution in [0, 0.1) is 6.92 Å². The number of hydrogen-bond acceptors (Lipinski definition) is 6. The van der Waals surface area contributed by atoms with E-state index >= 15 is 0 Å². The van der Waals surface area contributed by atoms with Crippen LogP contribution in [0.25, 0.3) is 0 Å². The molecule has 0 aliphatic heterocycles. The maximum Gasteiger partial charge on any atom is 0.144 e. The van der Waals surface area contributed by atoms with Crippen molar-refractivity contribution in [3.05, 3.63) is 23.7 Å². The molecule has 2 rings (SSSR count). The molecular formula is C12H18N6S. The predicted molar refractivity (Wildman–Crippen MR) is 75.9 cm³/mol. The zero-order valence-electron chi connectivity index (χ0n) is 11.3. The molecule has 2 aromatic rings. The van der Waals surface area contributed by atoms with E-state index in [9.17, 15) is 0 Å². The standard InChI is InChI=1S/C12H18N6S/c1-4-5-9-14-10(16-13)7-11(15-9)19-12-6-8(2)17-18(12)3/h6-7H,4-5,13H2,1-3H3,(H,14,15,16). The highest BCUT2D eigenvalue weighted by Crippen LogP contribution is 2.27. The first-order valence-corrected chi connectivity index (χ1v) is 6.97. The molecule has 2 heterocycles. The van der Waals surface area contributed by atoms with E-state index in [1.807, 2.05) is 30.8 Å². The van der Waals surface area contributed by atoms with Crippen molar-refractivity contribution in [1.82, 2.24) is 19.7 Å². The fraction of sp³-hybridized carbons (Fsp3) is 0.417. The molecule has 0 aliphatic rings. The molecule has 0 saturated heterocycles. The van der Waals surface area contributed by atoms with Gasteiger partial charge in [0.05, 0.1) is 5.69 Å². The van der Waals surface area contributed by atoms with Gasteiger partial charge in [0.15, 0.2) is 0 Å². The van der Waals surface area contributed by atoms with Crippen molar-refractivity contribution in [3.63, 3.8) is 0 Å². The molecule has 19 heavy (non-hydrogen) atoms. The van der Waals surface area contributed by atoms with Crippen LogP contribution in [0.2, 0.25) is 0 Å². The molecule has 0 bridgehead atoms. The van der Waals surface area contributed by atoms with E-state index in [1.165, 1.54) is 0 Å². The van der Waals surface area contributed by atoms with Crippen LogP contribution in [-0.4, -0.2) is 19.7 Å². The van der Waals surface area contributed by atoms with Gasteiger partial charge in [-0.05, 0) is 19.4 Å². The minimum absolute atomic E-state index is 0.639. The molecule has 0 atom stereocenters. The Hall–Kier alpha value is -1.60. The summed E-state index contributed by atoms with van der Waals surface area (Å²) in [5.74, 6) is 6.89. The average molecular weight is 278 g/mol. The van der Waals surface area contributed by atoms with E-state index in [1.54, 1.807) is 11.8 Å². The van der Waals surface area contributed by atoms with Gasteiger partial charge in [-0.2, -0.15) is 5.10 Å². The van der Waals surface area contributed by atoms with Gasteiger partial charge in [-0.15, -0.1) is 0 Å². The monoisotopic (exact) mass is 278 g/mol. The van der Waals surface area contributed by atoms with Gasteiger partial charge in [-0.25, -0.2) is 15.8 Å². The van der Waals surface area contributed by atoms with E-state index < -0.39 is 0 Å². The number of hydrogen-bond donors (Lipinski definition) is 2. The smallest absolute Gasteiger partial charge is 0.144 e. The largest absolute Gasteiger partial charge is 0.308 e. The van der Waals surface area contributed by atoms with Crippen LogP contribution in [0.3, 0.4) is 0 Å². The third kappa shape index (κ3) is 3.45. The molecule has 0 aliphatic carbocycles. The SMILES string of the molecule is CCCc1nc(NN)cc(Sc2cc(C)nn2C)n1. The van der Waals surface area contributed by atoms with Gasteiger partial charge in [0.25, 0.3) is 0 Å². The summed E-state index contributed by atoms with van der Waals surface area (Å²) >= 11 is 1.56. The van der Waals surface area contributed by atoms with Crippen LogP contribution in [0.5, 0.6) is 0 Å². The Morgan fingerprint density at radius 2 is 2.16 bits per heavy atom. The maximum atomic E-state index is 5.44. The number of nitrogens with two attached hydrogens (primary N) is 1. The molecule has 0 radical (unpaired) electrons. The van der Waals surface area contributed by atoms with Gasteiger partial charge in [0.1, 0.15) is 21.7 Å². The van der Waals surface area contributed by atoms with Crippen LogP contribution < -0.4 is 11.3 Å². The minimum Gasteiger partial charge on any atom is -0.308 e. The molecule has 0 unspecified atom stereocenters. The van der Waals surface area contributed by atoms with Crippen molar-refractivity contribution in [1.29, 1.82) is 0 Å². The van der Waals surface area contributed by atoms with E-state index in [4.69, 9.17) is 5.84 Å². The zero-order valence-corrected chi connectivity index (χ0v) is 12.2. The van der Waals surface area contributed by atoms with Crippen molar-refractivity contribution >= 4 is 17.6 Å². The lowest BCUT2D eigenvalue weighted by molar-refractivity contribution is 0.691. The summed E-state index contributed by atoms with van der Waals surface area (Å²) in [5, 5.41) is 6.23. The second kappa shape index (κ2) is 6.03. The van der Waals surface area contributed by atoms with Crippen LogP contribution in [-0.2, 0) is 13.5 Å². The summed E-state index contributed by atoms with van der Waals surface area (Å²) < 4.78 is 1.84. The number of nitrogen functional groups attached to an aromatic ring is 1. The Balaban J connectivity index is 2.28. The number of anilines is 1. The molecule has 0 aromatic carbocycles. The molecule has 102 valence electrons. The fourth-order valence-corrected chi connectivity index (χ4v) is 2.66. The summed E-state index contributed by atoms with van der Waals surface area (Å²) in [6, 6.07) is 3.87. The maximum absolute atomic E-state index is 5.44. The van der Waals surface area contributed by atoms with Gasteiger partial charge in [0.2, 0.25) is 0 Å². The van der Waals surface area contributed by atoms with Crippen molar-refractivity contribution < 1.29 is 0 Å². The number of rotatable bonds is 5. The average Bonchev–Trinajstić information content (AvgIpc) is 2.68. The normalized spacial score (nSPS) is 10.7. The highest BCUT2D eigenvalue weighted by molar-refractivity contribution is 7.99. The fourth-order valence-electron chi connectivity index (χ4n) is 1.72. The molecule has 0 spiro atoms. The number of nitrogens with one attached hydrogen (secondary N) is 1. The third-order valence-electron chi connectivity index (χ3n) is 2.54. The first-order valence-electron chi connectivity index (χ1n) is 6.15. The number of aromatic nitrogens is 4. The lowest BCUT2D eigenvalue weighted by atomic mass is 10.3. The Morgan fingerprint density at radius 3 is 2.74 bits per heavy atom. The van der Waals surface area contributed by atoms with Crippen LogP contribution >= 0.6 is 11.8 Å².